The minimum absolute atomic E-state index is 0.0433. The van der Waals surface area contributed by atoms with E-state index < -0.39 is 0 Å². The number of unbranched alkanes of at least 4 members (excludes halogenated alkanes) is 1. The molecule has 25 heavy (non-hydrogen) atoms. The number of piperidine rings is 1. The molecule has 2 aliphatic carbocycles. The van der Waals surface area contributed by atoms with Crippen LogP contribution in [0.15, 0.2) is 47.2 Å². The maximum Gasteiger partial charge on any atom is 0.225 e. The molecule has 134 valence electrons. The van der Waals surface area contributed by atoms with Crippen LogP contribution in [-0.2, 0) is 19.0 Å². The van der Waals surface area contributed by atoms with Gasteiger partial charge in [0, 0.05) is 24.6 Å². The Morgan fingerprint density at radius 2 is 2.12 bits per heavy atom. The number of carbonyl (C=O) groups is 1. The van der Waals surface area contributed by atoms with E-state index in [-0.39, 0.29) is 30.1 Å². The summed E-state index contributed by atoms with van der Waals surface area (Å²) < 4.78 is 17.4. The van der Waals surface area contributed by atoms with Gasteiger partial charge >= 0.3 is 0 Å². The van der Waals surface area contributed by atoms with Gasteiger partial charge in [0.15, 0.2) is 0 Å². The van der Waals surface area contributed by atoms with E-state index in [1.54, 1.807) is 0 Å². The Morgan fingerprint density at radius 3 is 2.96 bits per heavy atom. The molecule has 0 radical (unpaired) electrons. The van der Waals surface area contributed by atoms with Crippen molar-refractivity contribution in [3.05, 3.63) is 47.2 Å². The van der Waals surface area contributed by atoms with Gasteiger partial charge in [0.2, 0.25) is 5.91 Å². The van der Waals surface area contributed by atoms with Crippen molar-refractivity contribution < 1.29 is 19.0 Å². The van der Waals surface area contributed by atoms with Crippen LogP contribution in [0.2, 0.25) is 0 Å². The molecule has 4 unspecified atom stereocenters. The zero-order valence-electron chi connectivity index (χ0n) is 14.6. The van der Waals surface area contributed by atoms with E-state index >= 15 is 0 Å². The van der Waals surface area contributed by atoms with Gasteiger partial charge < -0.3 is 19.5 Å². The smallest absolute Gasteiger partial charge is 0.225 e. The third-order valence-electron chi connectivity index (χ3n) is 5.24. The summed E-state index contributed by atoms with van der Waals surface area (Å²) in [6.07, 6.45) is 13.8. The Labute approximate surface area is 148 Å². The number of fused-ring (bicyclic) bond motifs is 2. The fourth-order valence-corrected chi connectivity index (χ4v) is 3.91. The lowest BCUT2D eigenvalue weighted by Gasteiger charge is -2.36. The molecule has 0 spiro atoms. The van der Waals surface area contributed by atoms with Crippen molar-refractivity contribution in [3.8, 4) is 0 Å². The second-order valence-electron chi connectivity index (χ2n) is 6.93. The highest BCUT2D eigenvalue weighted by atomic mass is 16.7. The third kappa shape index (κ3) is 3.36. The monoisotopic (exact) mass is 343 g/mol. The third-order valence-corrected chi connectivity index (χ3v) is 5.24. The average molecular weight is 343 g/mol. The van der Waals surface area contributed by atoms with Crippen molar-refractivity contribution in [1.29, 1.82) is 0 Å². The lowest BCUT2D eigenvalue weighted by molar-refractivity contribution is -0.121. The van der Waals surface area contributed by atoms with Gasteiger partial charge in [0.1, 0.15) is 19.0 Å². The summed E-state index contributed by atoms with van der Waals surface area (Å²) in [5, 5.41) is 3.00. The molecular weight excluding hydrogens is 318 g/mol. The number of hydrogen-bond acceptors (Lipinski definition) is 4. The van der Waals surface area contributed by atoms with E-state index in [2.05, 4.69) is 36.5 Å². The molecule has 5 heteroatoms. The Hall–Kier alpha value is -1.69. The van der Waals surface area contributed by atoms with Crippen LogP contribution in [0.1, 0.15) is 32.6 Å². The maximum atomic E-state index is 12.3. The summed E-state index contributed by atoms with van der Waals surface area (Å²) in [6.45, 7) is 3.22. The van der Waals surface area contributed by atoms with Crippen molar-refractivity contribution in [2.75, 3.05) is 13.4 Å². The SMILES string of the molecule is CCCCOC1CC=CC=C1C1CC(=O)NC2=CC3OCOC3C=C21. The zero-order chi connectivity index (χ0) is 17.2. The quantitative estimate of drug-likeness (QED) is 0.780. The van der Waals surface area contributed by atoms with Crippen LogP contribution in [0.3, 0.4) is 0 Å². The van der Waals surface area contributed by atoms with Crippen molar-refractivity contribution in [2.24, 2.45) is 5.92 Å². The number of nitrogens with one attached hydrogen (secondary N) is 1. The van der Waals surface area contributed by atoms with Gasteiger partial charge in [-0.1, -0.05) is 31.6 Å². The Balaban J connectivity index is 1.60. The number of carbonyl (C=O) groups excluding carboxylic acids is 1. The molecule has 0 bridgehead atoms. The second-order valence-corrected chi connectivity index (χ2v) is 6.93. The summed E-state index contributed by atoms with van der Waals surface area (Å²) in [4.78, 5) is 12.3. The van der Waals surface area contributed by atoms with Crippen molar-refractivity contribution in [2.45, 2.75) is 50.9 Å². The number of hydrogen-bond donors (Lipinski definition) is 1. The number of ether oxygens (including phenoxy) is 3. The molecule has 5 nitrogen and oxygen atoms in total. The topological polar surface area (TPSA) is 56.8 Å². The molecular formula is C20H25NO4. The van der Waals surface area contributed by atoms with Crippen molar-refractivity contribution in [1.82, 2.24) is 5.32 Å². The number of allylic oxidation sites excluding steroid dienone is 3. The van der Waals surface area contributed by atoms with Gasteiger partial charge in [-0.3, -0.25) is 4.79 Å². The number of amides is 1. The molecule has 2 heterocycles. The molecule has 2 aliphatic heterocycles. The van der Waals surface area contributed by atoms with Gasteiger partial charge in [-0.15, -0.1) is 0 Å². The normalized spacial score (nSPS) is 33.8. The molecule has 4 rings (SSSR count). The molecule has 0 aromatic rings. The zero-order valence-corrected chi connectivity index (χ0v) is 14.6. The molecule has 1 N–H and O–H groups in total. The number of rotatable bonds is 5. The first-order valence-corrected chi connectivity index (χ1v) is 9.21. The maximum absolute atomic E-state index is 12.3. The van der Waals surface area contributed by atoms with Crippen LogP contribution in [-0.4, -0.2) is 37.6 Å². The van der Waals surface area contributed by atoms with Crippen molar-refractivity contribution >= 4 is 5.91 Å². The molecule has 1 amide bonds. The van der Waals surface area contributed by atoms with Crippen LogP contribution < -0.4 is 5.32 Å². The summed E-state index contributed by atoms with van der Waals surface area (Å²) in [6, 6.07) is 0. The van der Waals surface area contributed by atoms with Crippen LogP contribution >= 0.6 is 0 Å². The van der Waals surface area contributed by atoms with E-state index in [1.165, 1.54) is 5.57 Å². The first kappa shape index (κ1) is 16.8. The fourth-order valence-electron chi connectivity index (χ4n) is 3.91. The minimum Gasteiger partial charge on any atom is -0.374 e. The Bertz CT molecular complexity index is 661. The molecule has 2 fully saturated rings. The van der Waals surface area contributed by atoms with E-state index in [9.17, 15) is 4.79 Å². The Morgan fingerprint density at radius 1 is 1.28 bits per heavy atom. The van der Waals surface area contributed by atoms with E-state index in [1.807, 2.05) is 6.08 Å². The summed E-state index contributed by atoms with van der Waals surface area (Å²) in [7, 11) is 0. The van der Waals surface area contributed by atoms with Gasteiger partial charge in [0.05, 0.1) is 6.10 Å². The van der Waals surface area contributed by atoms with Gasteiger partial charge in [-0.25, -0.2) is 0 Å². The van der Waals surface area contributed by atoms with Gasteiger partial charge in [-0.2, -0.15) is 0 Å². The summed E-state index contributed by atoms with van der Waals surface area (Å²) >= 11 is 0. The van der Waals surface area contributed by atoms with Crippen LogP contribution in [0.25, 0.3) is 0 Å². The Kier molecular flexibility index (Phi) is 4.88. The first-order chi connectivity index (χ1) is 12.3. The van der Waals surface area contributed by atoms with Crippen LogP contribution in [0.5, 0.6) is 0 Å². The molecule has 4 atom stereocenters. The highest BCUT2D eigenvalue weighted by Crippen LogP contribution is 2.40. The van der Waals surface area contributed by atoms with E-state index in [0.29, 0.717) is 13.2 Å². The molecule has 0 aromatic carbocycles. The lowest BCUT2D eigenvalue weighted by atomic mass is 9.76. The fraction of sp³-hybridized carbons (Fsp3) is 0.550. The lowest BCUT2D eigenvalue weighted by Crippen LogP contribution is -2.40. The first-order valence-electron chi connectivity index (χ1n) is 9.21. The largest absolute Gasteiger partial charge is 0.374 e. The molecule has 4 aliphatic rings. The van der Waals surface area contributed by atoms with Gasteiger partial charge in [-0.05, 0) is 36.1 Å². The van der Waals surface area contributed by atoms with Crippen LogP contribution in [0.4, 0.5) is 0 Å². The molecule has 0 aromatic heterocycles. The molecule has 0 saturated carbocycles. The summed E-state index contributed by atoms with van der Waals surface area (Å²) in [5.41, 5.74) is 3.20. The van der Waals surface area contributed by atoms with Gasteiger partial charge in [0.25, 0.3) is 0 Å². The molecule has 2 saturated heterocycles. The standard InChI is InChI=1S/C20H25NO4/c1-2-3-8-23-17-7-5-4-6-13(17)14-10-20(22)21-16-11-19-18(9-15(14)16)24-12-25-19/h4-6,9,11,14,17-19H,2-3,7-8,10,12H2,1H3,(H,21,22). The van der Waals surface area contributed by atoms with Crippen molar-refractivity contribution in [3.63, 3.8) is 0 Å². The predicted molar refractivity (Wildman–Crippen MR) is 93.5 cm³/mol. The second kappa shape index (κ2) is 7.28. The predicted octanol–water partition coefficient (Wildman–Crippen LogP) is 2.76. The highest BCUT2D eigenvalue weighted by molar-refractivity contribution is 5.83. The average Bonchev–Trinajstić information content (AvgIpc) is 3.07. The van der Waals surface area contributed by atoms with Crippen LogP contribution in [0, 0.1) is 5.92 Å². The van der Waals surface area contributed by atoms with E-state index in [4.69, 9.17) is 14.2 Å². The highest BCUT2D eigenvalue weighted by Gasteiger charge is 2.39. The summed E-state index contributed by atoms with van der Waals surface area (Å²) in [5.74, 6) is 0.0928. The minimum atomic E-state index is -0.102. The van der Waals surface area contributed by atoms with E-state index in [0.717, 1.165) is 37.1 Å².